The summed E-state index contributed by atoms with van der Waals surface area (Å²) >= 11 is 12.3. The molecule has 1 aromatic heterocycles. The number of rotatable bonds is 2. The summed E-state index contributed by atoms with van der Waals surface area (Å²) in [6.45, 7) is 3.86. The number of aromatic amines is 1. The van der Waals surface area contributed by atoms with E-state index in [2.05, 4.69) is 10.3 Å². The molecule has 1 atom stereocenters. The predicted octanol–water partition coefficient (Wildman–Crippen LogP) is 3.10. The third-order valence-electron chi connectivity index (χ3n) is 4.12. The van der Waals surface area contributed by atoms with Crippen LogP contribution in [0.3, 0.4) is 0 Å². The smallest absolute Gasteiger partial charge is 0.224 e. The number of fused-ring (bicyclic) bond motifs is 3. The number of carbonyl (C=O) groups excluding carboxylic acids is 1. The minimum absolute atomic E-state index is 0.0105. The van der Waals surface area contributed by atoms with Crippen molar-refractivity contribution in [2.24, 2.45) is 0 Å². The molecule has 3 rings (SSSR count). The van der Waals surface area contributed by atoms with E-state index in [-0.39, 0.29) is 29.0 Å². The topological polar surface area (TPSA) is 85.4 Å². The second kappa shape index (κ2) is 5.58. The fraction of sp³-hybridized carbons (Fsp3) is 0.438. The molecule has 1 aromatic carbocycles. The Morgan fingerprint density at radius 3 is 2.74 bits per heavy atom. The van der Waals surface area contributed by atoms with Gasteiger partial charge in [-0.2, -0.15) is 0 Å². The lowest BCUT2D eigenvalue weighted by Gasteiger charge is -2.24. The first-order valence-corrected chi connectivity index (χ1v) is 8.13. The third-order valence-corrected chi connectivity index (χ3v) is 4.91. The van der Waals surface area contributed by atoms with Crippen molar-refractivity contribution < 1.29 is 15.0 Å². The molecule has 23 heavy (non-hydrogen) atoms. The zero-order valence-electron chi connectivity index (χ0n) is 12.8. The van der Waals surface area contributed by atoms with Crippen LogP contribution in [0.25, 0.3) is 10.9 Å². The van der Waals surface area contributed by atoms with Gasteiger partial charge in [-0.3, -0.25) is 4.79 Å². The Morgan fingerprint density at radius 1 is 1.39 bits per heavy atom. The minimum atomic E-state index is -0.891. The summed E-state index contributed by atoms with van der Waals surface area (Å²) in [6.07, 6.45) is 0.600. The summed E-state index contributed by atoms with van der Waals surface area (Å²) in [5.41, 5.74) is 1.15. The number of phenolic OH excluding ortho intramolecular Hbond substituents is 1. The molecule has 4 N–H and O–H groups in total. The van der Waals surface area contributed by atoms with E-state index < -0.39 is 5.60 Å². The molecule has 0 bridgehead atoms. The Bertz CT molecular complexity index is 793. The molecule has 1 amide bonds. The normalized spacial score (nSPS) is 18.7. The van der Waals surface area contributed by atoms with Crippen molar-refractivity contribution in [2.75, 3.05) is 6.54 Å². The van der Waals surface area contributed by atoms with Crippen molar-refractivity contribution >= 4 is 40.0 Å². The lowest BCUT2D eigenvalue weighted by molar-refractivity contribution is -0.120. The fourth-order valence-corrected chi connectivity index (χ4v) is 3.65. The number of hydrogen-bond donors (Lipinski definition) is 4. The van der Waals surface area contributed by atoms with Crippen LogP contribution < -0.4 is 5.32 Å². The Kier molecular flexibility index (Phi) is 3.99. The van der Waals surface area contributed by atoms with Gasteiger partial charge >= 0.3 is 0 Å². The number of halogens is 2. The molecule has 1 aliphatic rings. The van der Waals surface area contributed by atoms with E-state index in [0.29, 0.717) is 34.5 Å². The summed E-state index contributed by atoms with van der Waals surface area (Å²) in [6, 6.07) is 1.38. The summed E-state index contributed by atoms with van der Waals surface area (Å²) in [5, 5.41) is 24.4. The highest BCUT2D eigenvalue weighted by Gasteiger charge is 2.31. The maximum atomic E-state index is 12.0. The number of aromatic hydroxyl groups is 1. The molecule has 1 unspecified atom stereocenters. The number of carbonyl (C=O) groups is 1. The molecule has 2 aromatic rings. The van der Waals surface area contributed by atoms with Gasteiger partial charge in [-0.1, -0.05) is 23.2 Å². The number of amides is 1. The van der Waals surface area contributed by atoms with Crippen LogP contribution in [0.15, 0.2) is 6.07 Å². The Hall–Kier alpha value is -1.43. The number of aromatic nitrogens is 1. The number of aliphatic hydroxyl groups is 1. The van der Waals surface area contributed by atoms with Crippen molar-refractivity contribution in [3.8, 4) is 5.75 Å². The molecular weight excluding hydrogens is 339 g/mol. The summed E-state index contributed by atoms with van der Waals surface area (Å²) in [5.74, 6) is -0.252. The highest BCUT2D eigenvalue weighted by atomic mass is 35.5. The summed E-state index contributed by atoms with van der Waals surface area (Å²) in [4.78, 5) is 15.3. The summed E-state index contributed by atoms with van der Waals surface area (Å²) in [7, 11) is 0. The number of H-pyrrole nitrogens is 1. The van der Waals surface area contributed by atoms with E-state index in [1.54, 1.807) is 13.8 Å². The molecule has 1 aliphatic heterocycles. The lowest BCUT2D eigenvalue weighted by Crippen LogP contribution is -2.30. The van der Waals surface area contributed by atoms with E-state index in [1.807, 2.05) is 0 Å². The molecular formula is C16H18Cl2N2O3. The predicted molar refractivity (Wildman–Crippen MR) is 90.4 cm³/mol. The molecule has 2 heterocycles. The van der Waals surface area contributed by atoms with E-state index in [0.717, 1.165) is 5.69 Å². The van der Waals surface area contributed by atoms with Gasteiger partial charge in [0.25, 0.3) is 0 Å². The van der Waals surface area contributed by atoms with Gasteiger partial charge in [0.15, 0.2) is 0 Å². The monoisotopic (exact) mass is 356 g/mol. The second-order valence-corrected chi connectivity index (χ2v) is 7.44. The van der Waals surface area contributed by atoms with Crippen LogP contribution in [0.1, 0.15) is 37.4 Å². The van der Waals surface area contributed by atoms with E-state index >= 15 is 0 Å². The Morgan fingerprint density at radius 2 is 2.09 bits per heavy atom. The zero-order valence-corrected chi connectivity index (χ0v) is 14.3. The average molecular weight is 357 g/mol. The van der Waals surface area contributed by atoms with Gasteiger partial charge in [-0.25, -0.2) is 0 Å². The molecule has 0 fully saturated rings. The SMILES string of the molecule is CC(C)(O)CC1CNC(=O)Cc2c1[nH]c1c(Cl)c(Cl)cc(O)c21. The number of phenols is 1. The quantitative estimate of drug-likeness (QED) is 0.666. The molecule has 0 saturated carbocycles. The van der Waals surface area contributed by atoms with Crippen LogP contribution in [-0.2, 0) is 11.2 Å². The van der Waals surface area contributed by atoms with E-state index in [1.165, 1.54) is 6.07 Å². The number of nitrogens with one attached hydrogen (secondary N) is 2. The van der Waals surface area contributed by atoms with Crippen LogP contribution in [0, 0.1) is 0 Å². The van der Waals surface area contributed by atoms with Gasteiger partial charge < -0.3 is 20.5 Å². The first-order valence-electron chi connectivity index (χ1n) is 7.38. The lowest BCUT2D eigenvalue weighted by atomic mass is 9.89. The summed E-state index contributed by atoms with van der Waals surface area (Å²) < 4.78 is 0. The first-order chi connectivity index (χ1) is 10.7. The molecule has 0 saturated heterocycles. The fourth-order valence-electron chi connectivity index (χ4n) is 3.25. The van der Waals surface area contributed by atoms with Gasteiger partial charge in [-0.15, -0.1) is 0 Å². The second-order valence-electron chi connectivity index (χ2n) is 6.65. The van der Waals surface area contributed by atoms with E-state index in [9.17, 15) is 15.0 Å². The van der Waals surface area contributed by atoms with Crippen molar-refractivity contribution in [1.29, 1.82) is 0 Å². The number of benzene rings is 1. The highest BCUT2D eigenvalue weighted by Crippen LogP contribution is 2.43. The average Bonchev–Trinajstić information content (AvgIpc) is 2.73. The molecule has 0 spiro atoms. The van der Waals surface area contributed by atoms with Crippen molar-refractivity contribution in [2.45, 2.75) is 38.2 Å². The Balaban J connectivity index is 2.24. The largest absolute Gasteiger partial charge is 0.507 e. The van der Waals surface area contributed by atoms with Crippen LogP contribution in [-0.4, -0.2) is 33.3 Å². The maximum Gasteiger partial charge on any atom is 0.224 e. The van der Waals surface area contributed by atoms with Crippen molar-refractivity contribution in [1.82, 2.24) is 10.3 Å². The van der Waals surface area contributed by atoms with Gasteiger partial charge in [0, 0.05) is 29.6 Å². The van der Waals surface area contributed by atoms with Crippen LogP contribution in [0.4, 0.5) is 0 Å². The van der Waals surface area contributed by atoms with Crippen LogP contribution in [0.5, 0.6) is 5.75 Å². The molecule has 0 aliphatic carbocycles. The van der Waals surface area contributed by atoms with Gasteiger partial charge in [0.05, 0.1) is 27.6 Å². The molecule has 0 radical (unpaired) electrons. The van der Waals surface area contributed by atoms with Gasteiger partial charge in [0.1, 0.15) is 5.75 Å². The van der Waals surface area contributed by atoms with Gasteiger partial charge in [-0.05, 0) is 25.8 Å². The Labute approximate surface area is 143 Å². The third kappa shape index (κ3) is 3.01. The van der Waals surface area contributed by atoms with Crippen LogP contribution in [0.2, 0.25) is 10.0 Å². The highest BCUT2D eigenvalue weighted by molar-refractivity contribution is 6.45. The minimum Gasteiger partial charge on any atom is -0.507 e. The van der Waals surface area contributed by atoms with Gasteiger partial charge in [0.2, 0.25) is 5.91 Å². The molecule has 124 valence electrons. The first kappa shape index (κ1) is 16.4. The molecule has 5 nitrogen and oxygen atoms in total. The van der Waals surface area contributed by atoms with Crippen molar-refractivity contribution in [3.63, 3.8) is 0 Å². The standard InChI is InChI=1S/C16H18Cl2N2O3/c1-16(2,23)5-7-6-19-11(22)3-8-12-10(21)4-9(17)13(18)15(12)20-14(7)8/h4,7,20-21,23H,3,5-6H2,1-2H3,(H,19,22). The van der Waals surface area contributed by atoms with E-state index in [4.69, 9.17) is 23.2 Å². The maximum absolute atomic E-state index is 12.0. The van der Waals surface area contributed by atoms with Crippen LogP contribution >= 0.6 is 23.2 Å². The number of hydrogen-bond acceptors (Lipinski definition) is 3. The zero-order chi connectivity index (χ0) is 16.9. The molecule has 7 heteroatoms. The van der Waals surface area contributed by atoms with Crippen molar-refractivity contribution in [3.05, 3.63) is 27.4 Å².